The number of rotatable bonds is 2. The first-order valence-electron chi connectivity index (χ1n) is 5.92. The molecule has 0 unspecified atom stereocenters. The minimum atomic E-state index is -4.63. The molecule has 2 rings (SSSR count). The van der Waals surface area contributed by atoms with E-state index >= 15 is 0 Å². The van der Waals surface area contributed by atoms with E-state index in [9.17, 15) is 26.3 Å². The van der Waals surface area contributed by atoms with Gasteiger partial charge in [-0.25, -0.2) is 0 Å². The number of pyridine rings is 1. The number of ether oxygens (including phenoxy) is 1. The maximum absolute atomic E-state index is 12.7. The van der Waals surface area contributed by atoms with Crippen LogP contribution in [0.2, 0.25) is 0 Å². The predicted molar refractivity (Wildman–Crippen MR) is 66.2 cm³/mol. The van der Waals surface area contributed by atoms with Gasteiger partial charge >= 0.3 is 12.4 Å². The van der Waals surface area contributed by atoms with Crippen LogP contribution in [0.15, 0.2) is 36.5 Å². The van der Waals surface area contributed by atoms with E-state index in [2.05, 4.69) is 9.72 Å². The van der Waals surface area contributed by atoms with Crippen molar-refractivity contribution in [2.75, 3.05) is 7.11 Å². The van der Waals surface area contributed by atoms with E-state index in [1.807, 2.05) is 0 Å². The number of hydrogen-bond acceptors (Lipinski definition) is 2. The number of aromatic nitrogens is 1. The van der Waals surface area contributed by atoms with Gasteiger partial charge in [0.05, 0.1) is 18.4 Å². The fourth-order valence-electron chi connectivity index (χ4n) is 1.81. The van der Waals surface area contributed by atoms with Crippen molar-refractivity contribution >= 4 is 0 Å². The summed E-state index contributed by atoms with van der Waals surface area (Å²) in [5.74, 6) is -0.447. The van der Waals surface area contributed by atoms with Crippen LogP contribution < -0.4 is 4.74 Å². The zero-order valence-corrected chi connectivity index (χ0v) is 11.1. The van der Waals surface area contributed by atoms with Gasteiger partial charge in [-0.05, 0) is 12.1 Å². The van der Waals surface area contributed by atoms with E-state index in [1.54, 1.807) is 0 Å². The summed E-state index contributed by atoms with van der Waals surface area (Å²) in [7, 11) is 1.07. The number of alkyl halides is 6. The van der Waals surface area contributed by atoms with Crippen LogP contribution in [-0.4, -0.2) is 12.1 Å². The van der Waals surface area contributed by atoms with E-state index in [4.69, 9.17) is 0 Å². The van der Waals surface area contributed by atoms with Crippen molar-refractivity contribution in [2.45, 2.75) is 12.4 Å². The molecule has 2 nitrogen and oxygen atoms in total. The predicted octanol–water partition coefficient (Wildman–Crippen LogP) is 4.79. The summed E-state index contributed by atoms with van der Waals surface area (Å²) in [4.78, 5) is 3.63. The number of halogens is 6. The molecule has 1 aromatic carbocycles. The highest BCUT2D eigenvalue weighted by molar-refractivity contribution is 5.62. The maximum Gasteiger partial charge on any atom is 0.421 e. The van der Waals surface area contributed by atoms with E-state index in [0.717, 1.165) is 37.4 Å². The Morgan fingerprint density at radius 2 is 1.50 bits per heavy atom. The third kappa shape index (κ3) is 3.32. The second-order valence-electron chi connectivity index (χ2n) is 4.34. The van der Waals surface area contributed by atoms with Gasteiger partial charge in [0.2, 0.25) is 0 Å². The van der Waals surface area contributed by atoms with Gasteiger partial charge in [0.1, 0.15) is 11.3 Å². The number of hydrogen-bond donors (Lipinski definition) is 0. The third-order valence-electron chi connectivity index (χ3n) is 2.90. The van der Waals surface area contributed by atoms with Gasteiger partial charge in [-0.3, -0.25) is 4.98 Å². The topological polar surface area (TPSA) is 22.1 Å². The third-order valence-corrected chi connectivity index (χ3v) is 2.90. The molecule has 2 aromatic rings. The highest BCUT2D eigenvalue weighted by atomic mass is 19.4. The molecule has 8 heteroatoms. The Morgan fingerprint density at radius 3 is 1.95 bits per heavy atom. The van der Waals surface area contributed by atoms with Crippen molar-refractivity contribution in [2.24, 2.45) is 0 Å². The normalized spacial score (nSPS) is 12.3. The zero-order chi connectivity index (χ0) is 16.5. The van der Waals surface area contributed by atoms with Gasteiger partial charge in [-0.2, -0.15) is 26.3 Å². The monoisotopic (exact) mass is 321 g/mol. The number of benzene rings is 1. The smallest absolute Gasteiger partial charge is 0.421 e. The van der Waals surface area contributed by atoms with Gasteiger partial charge in [-0.1, -0.05) is 12.1 Å². The highest BCUT2D eigenvalue weighted by Crippen LogP contribution is 2.37. The molecule has 1 heterocycles. The Balaban J connectivity index is 2.42. The molecule has 0 saturated carbocycles. The van der Waals surface area contributed by atoms with E-state index in [-0.39, 0.29) is 11.3 Å². The highest BCUT2D eigenvalue weighted by Gasteiger charge is 2.35. The molecule has 0 amide bonds. The number of methoxy groups -OCH3 is 1. The molecular weight excluding hydrogens is 312 g/mol. The Labute approximate surface area is 121 Å². The lowest BCUT2D eigenvalue weighted by Gasteiger charge is -2.13. The largest absolute Gasteiger partial charge is 0.496 e. The first-order valence-corrected chi connectivity index (χ1v) is 5.92. The van der Waals surface area contributed by atoms with Gasteiger partial charge in [0.25, 0.3) is 0 Å². The molecule has 0 aliphatic carbocycles. The fraction of sp³-hybridized carbons (Fsp3) is 0.214. The Hall–Kier alpha value is -2.25. The molecule has 0 spiro atoms. The molecule has 0 N–H and O–H groups in total. The van der Waals surface area contributed by atoms with Crippen LogP contribution in [0.5, 0.6) is 5.75 Å². The fourth-order valence-corrected chi connectivity index (χ4v) is 1.81. The Bertz CT molecular complexity index is 661. The van der Waals surface area contributed by atoms with Crippen molar-refractivity contribution in [1.29, 1.82) is 0 Å². The van der Waals surface area contributed by atoms with Crippen molar-refractivity contribution in [1.82, 2.24) is 4.98 Å². The summed E-state index contributed by atoms with van der Waals surface area (Å²) < 4.78 is 80.2. The summed E-state index contributed by atoms with van der Waals surface area (Å²) >= 11 is 0. The van der Waals surface area contributed by atoms with Crippen molar-refractivity contribution in [3.63, 3.8) is 0 Å². The lowest BCUT2D eigenvalue weighted by Crippen LogP contribution is -2.08. The molecule has 0 aliphatic rings. The summed E-state index contributed by atoms with van der Waals surface area (Å²) in [5.41, 5.74) is -1.57. The molecule has 0 atom stereocenters. The molecule has 0 radical (unpaired) electrons. The van der Waals surface area contributed by atoms with Crippen LogP contribution in [-0.2, 0) is 12.4 Å². The van der Waals surface area contributed by atoms with Crippen LogP contribution in [0.3, 0.4) is 0 Å². The SMILES string of the molecule is COc1cc(-c2ccc(C(F)(F)F)cc2)ncc1C(F)(F)F. The second kappa shape index (κ2) is 5.51. The van der Waals surface area contributed by atoms with Gasteiger partial charge in [-0.15, -0.1) is 0 Å². The van der Waals surface area contributed by atoms with E-state index < -0.39 is 29.2 Å². The molecule has 22 heavy (non-hydrogen) atoms. The standard InChI is InChI=1S/C14H9F6NO/c1-22-12-6-11(21-7-10(12)14(18,19)20)8-2-4-9(5-3-8)13(15,16)17/h2-7H,1H3. The minimum Gasteiger partial charge on any atom is -0.496 e. The average Bonchev–Trinajstić information content (AvgIpc) is 2.45. The van der Waals surface area contributed by atoms with Crippen LogP contribution in [0.1, 0.15) is 11.1 Å². The summed E-state index contributed by atoms with van der Waals surface area (Å²) in [6.45, 7) is 0. The van der Waals surface area contributed by atoms with Crippen molar-refractivity contribution in [3.8, 4) is 17.0 Å². The van der Waals surface area contributed by atoms with Gasteiger partial charge < -0.3 is 4.74 Å². The maximum atomic E-state index is 12.7. The first kappa shape index (κ1) is 16.1. The summed E-state index contributed by atoms with van der Waals surface area (Å²) in [6.07, 6.45) is -8.52. The van der Waals surface area contributed by atoms with Crippen molar-refractivity contribution in [3.05, 3.63) is 47.7 Å². The molecule has 0 bridgehead atoms. The van der Waals surface area contributed by atoms with Crippen LogP contribution in [0.25, 0.3) is 11.3 Å². The molecule has 0 saturated heterocycles. The molecule has 118 valence electrons. The number of nitrogens with zero attached hydrogens (tertiary/aromatic N) is 1. The molecule has 0 aliphatic heterocycles. The Morgan fingerprint density at radius 1 is 0.909 bits per heavy atom. The van der Waals surface area contributed by atoms with Crippen LogP contribution in [0, 0.1) is 0 Å². The zero-order valence-electron chi connectivity index (χ0n) is 11.1. The molecule has 1 aromatic heterocycles. The molecular formula is C14H9F6NO. The quantitative estimate of drug-likeness (QED) is 0.742. The van der Waals surface area contributed by atoms with Gasteiger partial charge in [0.15, 0.2) is 0 Å². The average molecular weight is 321 g/mol. The van der Waals surface area contributed by atoms with Gasteiger partial charge in [0, 0.05) is 17.8 Å². The van der Waals surface area contributed by atoms with Crippen LogP contribution >= 0.6 is 0 Å². The van der Waals surface area contributed by atoms with E-state index in [0.29, 0.717) is 6.20 Å². The Kier molecular flexibility index (Phi) is 4.04. The van der Waals surface area contributed by atoms with Crippen molar-refractivity contribution < 1.29 is 31.1 Å². The van der Waals surface area contributed by atoms with E-state index in [1.165, 1.54) is 0 Å². The summed E-state index contributed by atoms with van der Waals surface area (Å²) in [5, 5.41) is 0. The minimum absolute atomic E-state index is 0.0820. The van der Waals surface area contributed by atoms with Crippen LogP contribution in [0.4, 0.5) is 26.3 Å². The first-order chi connectivity index (χ1) is 10.1. The lowest BCUT2D eigenvalue weighted by molar-refractivity contribution is -0.139. The second-order valence-corrected chi connectivity index (χ2v) is 4.34. The molecule has 0 fully saturated rings. The summed E-state index contributed by atoms with van der Waals surface area (Å²) in [6, 6.07) is 4.98. The lowest BCUT2D eigenvalue weighted by atomic mass is 10.1.